The van der Waals surface area contributed by atoms with Crippen LogP contribution in [0.3, 0.4) is 0 Å². The van der Waals surface area contributed by atoms with Gasteiger partial charge in [0.15, 0.2) is 5.82 Å². The number of piperazine rings is 1. The van der Waals surface area contributed by atoms with E-state index in [0.717, 1.165) is 37.5 Å². The molecule has 1 aliphatic rings. The van der Waals surface area contributed by atoms with Gasteiger partial charge in [0.2, 0.25) is 0 Å². The number of hydrogen-bond acceptors (Lipinski definition) is 7. The molecule has 3 N–H and O–H groups in total. The SMILES string of the molecule is C[C@@H]1CNCCN1c1cc(Cl)ccc1Nc1cc(F)c(S(=O)(=O)Nc2cscn2)cc1Cl.Cl. The van der Waals surface area contributed by atoms with E-state index in [-0.39, 0.29) is 35.0 Å². The van der Waals surface area contributed by atoms with Crippen molar-refractivity contribution >= 4 is 79.8 Å². The number of halogens is 4. The maximum Gasteiger partial charge on any atom is 0.266 e. The third-order valence-electron chi connectivity index (χ3n) is 5.02. The average molecular weight is 553 g/mol. The molecule has 2 aromatic carbocycles. The van der Waals surface area contributed by atoms with Gasteiger partial charge < -0.3 is 15.5 Å². The van der Waals surface area contributed by atoms with E-state index in [9.17, 15) is 12.8 Å². The predicted octanol–water partition coefficient (Wildman–Crippen LogP) is 5.35. The van der Waals surface area contributed by atoms with Crippen molar-refractivity contribution in [2.24, 2.45) is 0 Å². The molecule has 13 heteroatoms. The minimum atomic E-state index is -4.19. The van der Waals surface area contributed by atoms with Crippen molar-refractivity contribution < 1.29 is 12.8 Å². The Hall–Kier alpha value is -1.82. The number of nitrogens with one attached hydrogen (secondary N) is 3. The molecule has 0 amide bonds. The van der Waals surface area contributed by atoms with E-state index in [1.165, 1.54) is 22.2 Å². The smallest absolute Gasteiger partial charge is 0.266 e. The Bertz CT molecular complexity index is 1230. The summed E-state index contributed by atoms with van der Waals surface area (Å²) < 4.78 is 42.3. The monoisotopic (exact) mass is 551 g/mol. The standard InChI is InChI=1S/C20H20Cl2FN5O2S2.ClH/c1-12-9-24-4-5-28(12)18-6-13(21)2-3-16(18)26-17-8-15(23)19(7-14(17)22)32(29,30)27-20-10-31-11-25-20;/h2-3,6-8,10-12,24,26-27H,4-5,9H2,1H3;1H/t12-;/m1./s1. The Morgan fingerprint density at radius 2 is 2.03 bits per heavy atom. The highest BCUT2D eigenvalue weighted by molar-refractivity contribution is 7.92. The molecule has 1 aliphatic heterocycles. The molecule has 0 radical (unpaired) electrons. The van der Waals surface area contributed by atoms with Gasteiger partial charge in [-0.25, -0.2) is 17.8 Å². The molecule has 3 aromatic rings. The zero-order valence-corrected chi connectivity index (χ0v) is 21.3. The zero-order valence-electron chi connectivity index (χ0n) is 17.3. The summed E-state index contributed by atoms with van der Waals surface area (Å²) in [6.45, 7) is 4.51. The van der Waals surface area contributed by atoms with Crippen LogP contribution in [0.1, 0.15) is 6.92 Å². The number of rotatable bonds is 6. The molecule has 1 saturated heterocycles. The molecule has 0 unspecified atom stereocenters. The van der Waals surface area contributed by atoms with Gasteiger partial charge in [0.1, 0.15) is 10.7 Å². The van der Waals surface area contributed by atoms with Crippen LogP contribution in [0.15, 0.2) is 46.1 Å². The summed E-state index contributed by atoms with van der Waals surface area (Å²) in [5.41, 5.74) is 3.24. The molecule has 1 aromatic heterocycles. The number of sulfonamides is 1. The number of benzene rings is 2. The topological polar surface area (TPSA) is 86.4 Å². The molecule has 2 heterocycles. The number of anilines is 4. The molecular weight excluding hydrogens is 532 g/mol. The first-order chi connectivity index (χ1) is 15.2. The van der Waals surface area contributed by atoms with E-state index in [1.54, 1.807) is 12.1 Å². The Morgan fingerprint density at radius 3 is 2.73 bits per heavy atom. The number of nitrogens with zero attached hydrogens (tertiary/aromatic N) is 2. The van der Waals surface area contributed by atoms with Crippen molar-refractivity contribution in [1.82, 2.24) is 10.3 Å². The summed E-state index contributed by atoms with van der Waals surface area (Å²) in [6, 6.07) is 7.72. The molecule has 33 heavy (non-hydrogen) atoms. The Balaban J connectivity index is 0.00000306. The summed E-state index contributed by atoms with van der Waals surface area (Å²) in [5, 5.41) is 8.60. The fraction of sp³-hybridized carbons (Fsp3) is 0.250. The molecular formula is C20H21Cl3FN5O2S2. The highest BCUT2D eigenvalue weighted by atomic mass is 35.5. The fourth-order valence-electron chi connectivity index (χ4n) is 3.48. The van der Waals surface area contributed by atoms with E-state index in [1.807, 2.05) is 6.07 Å². The molecule has 7 nitrogen and oxygen atoms in total. The van der Waals surface area contributed by atoms with Crippen molar-refractivity contribution in [3.05, 3.63) is 57.1 Å². The van der Waals surface area contributed by atoms with Crippen LogP contribution in [0.4, 0.5) is 27.3 Å². The van der Waals surface area contributed by atoms with E-state index >= 15 is 0 Å². The maximum absolute atomic E-state index is 14.9. The molecule has 1 atom stereocenters. The van der Waals surface area contributed by atoms with Crippen LogP contribution >= 0.6 is 46.9 Å². The molecule has 1 fully saturated rings. The molecule has 178 valence electrons. The summed E-state index contributed by atoms with van der Waals surface area (Å²) in [6.07, 6.45) is 0. The molecule has 0 bridgehead atoms. The second-order valence-corrected chi connectivity index (χ2v) is 10.5. The fourth-order valence-corrected chi connectivity index (χ4v) is 5.56. The van der Waals surface area contributed by atoms with Crippen LogP contribution < -0.4 is 20.3 Å². The van der Waals surface area contributed by atoms with Gasteiger partial charge in [-0.1, -0.05) is 23.2 Å². The summed E-state index contributed by atoms with van der Waals surface area (Å²) in [4.78, 5) is 5.50. The lowest BCUT2D eigenvalue weighted by Crippen LogP contribution is -2.50. The second kappa shape index (κ2) is 10.6. The largest absolute Gasteiger partial charge is 0.365 e. The van der Waals surface area contributed by atoms with Crippen LogP contribution in [0.2, 0.25) is 10.0 Å². The third kappa shape index (κ3) is 5.82. The third-order valence-corrected chi connectivity index (χ3v) is 7.53. The first-order valence-electron chi connectivity index (χ1n) is 9.68. The normalized spacial score (nSPS) is 16.2. The minimum Gasteiger partial charge on any atom is -0.365 e. The van der Waals surface area contributed by atoms with Gasteiger partial charge in [-0.15, -0.1) is 23.7 Å². The molecule has 0 saturated carbocycles. The van der Waals surface area contributed by atoms with Gasteiger partial charge in [0.05, 0.1) is 27.6 Å². The van der Waals surface area contributed by atoms with Gasteiger partial charge in [0, 0.05) is 42.1 Å². The van der Waals surface area contributed by atoms with Gasteiger partial charge in [-0.05, 0) is 31.2 Å². The Kier molecular flexibility index (Phi) is 8.31. The number of thiazole rings is 1. The first kappa shape index (κ1) is 25.8. The minimum absolute atomic E-state index is 0. The maximum atomic E-state index is 14.9. The van der Waals surface area contributed by atoms with Crippen molar-refractivity contribution in [2.75, 3.05) is 34.6 Å². The highest BCUT2D eigenvalue weighted by Gasteiger charge is 2.24. The van der Waals surface area contributed by atoms with E-state index < -0.39 is 20.7 Å². The van der Waals surface area contributed by atoms with Crippen LogP contribution in [0.25, 0.3) is 0 Å². The number of hydrogen-bond donors (Lipinski definition) is 3. The quantitative estimate of drug-likeness (QED) is 0.382. The van der Waals surface area contributed by atoms with E-state index in [0.29, 0.717) is 10.7 Å². The zero-order chi connectivity index (χ0) is 22.9. The summed E-state index contributed by atoms with van der Waals surface area (Å²) in [7, 11) is -4.19. The van der Waals surface area contributed by atoms with Crippen molar-refractivity contribution in [3.63, 3.8) is 0 Å². The lowest BCUT2D eigenvalue weighted by molar-refractivity contribution is 0.501. The highest BCUT2D eigenvalue weighted by Crippen LogP contribution is 2.37. The lowest BCUT2D eigenvalue weighted by Gasteiger charge is -2.37. The van der Waals surface area contributed by atoms with Gasteiger partial charge >= 0.3 is 0 Å². The lowest BCUT2D eigenvalue weighted by atomic mass is 10.1. The van der Waals surface area contributed by atoms with E-state index in [4.69, 9.17) is 23.2 Å². The molecule has 4 rings (SSSR count). The second-order valence-electron chi connectivity index (χ2n) is 7.27. The first-order valence-corrected chi connectivity index (χ1v) is 12.9. The van der Waals surface area contributed by atoms with Crippen LogP contribution in [0, 0.1) is 5.82 Å². The van der Waals surface area contributed by atoms with Crippen molar-refractivity contribution in [3.8, 4) is 0 Å². The molecule has 0 aliphatic carbocycles. The van der Waals surface area contributed by atoms with Crippen molar-refractivity contribution in [2.45, 2.75) is 17.9 Å². The van der Waals surface area contributed by atoms with E-state index in [2.05, 4.69) is 32.2 Å². The summed E-state index contributed by atoms with van der Waals surface area (Å²) in [5.74, 6) is -0.825. The van der Waals surface area contributed by atoms with Crippen LogP contribution in [0.5, 0.6) is 0 Å². The van der Waals surface area contributed by atoms with Crippen molar-refractivity contribution in [1.29, 1.82) is 0 Å². The van der Waals surface area contributed by atoms with Crippen LogP contribution in [-0.4, -0.2) is 39.1 Å². The van der Waals surface area contributed by atoms with Gasteiger partial charge in [0.25, 0.3) is 10.0 Å². The average Bonchev–Trinajstić information content (AvgIpc) is 3.24. The van der Waals surface area contributed by atoms with Gasteiger partial charge in [-0.3, -0.25) is 4.72 Å². The van der Waals surface area contributed by atoms with Gasteiger partial charge in [-0.2, -0.15) is 0 Å². The predicted molar refractivity (Wildman–Crippen MR) is 136 cm³/mol. The Morgan fingerprint density at radius 1 is 1.24 bits per heavy atom. The summed E-state index contributed by atoms with van der Waals surface area (Å²) >= 11 is 13.8. The molecule has 0 spiro atoms. The number of aromatic nitrogens is 1. The van der Waals surface area contributed by atoms with Crippen LogP contribution in [-0.2, 0) is 10.0 Å². The Labute approximate surface area is 211 Å².